The molecule has 2 aromatic carbocycles. The van der Waals surface area contributed by atoms with Gasteiger partial charge in [0, 0.05) is 23.8 Å². The average molecular weight is 419 g/mol. The number of phenolic OH excluding ortho intramolecular Hbond substituents is 1. The topological polar surface area (TPSA) is 98.7 Å². The van der Waals surface area contributed by atoms with E-state index in [2.05, 4.69) is 10.6 Å². The summed E-state index contributed by atoms with van der Waals surface area (Å²) >= 11 is 0. The summed E-state index contributed by atoms with van der Waals surface area (Å²) in [5, 5.41) is 15.9. The van der Waals surface area contributed by atoms with Crippen LogP contribution in [0.4, 0.5) is 5.69 Å². The molecule has 0 aliphatic carbocycles. The van der Waals surface area contributed by atoms with E-state index >= 15 is 0 Å². The third-order valence-corrected chi connectivity index (χ3v) is 6.84. The van der Waals surface area contributed by atoms with Gasteiger partial charge in [0.2, 0.25) is 17.7 Å². The Morgan fingerprint density at radius 1 is 1.03 bits per heavy atom. The third kappa shape index (κ3) is 2.80. The van der Waals surface area contributed by atoms with Crippen molar-refractivity contribution in [1.82, 2.24) is 10.2 Å². The predicted molar refractivity (Wildman–Crippen MR) is 114 cm³/mol. The zero-order valence-corrected chi connectivity index (χ0v) is 17.3. The molecule has 4 atom stereocenters. The zero-order chi connectivity index (χ0) is 21.8. The van der Waals surface area contributed by atoms with Gasteiger partial charge >= 0.3 is 0 Å². The standard InChI is InChI=1S/C24H25N3O4/c1-2-3-12-27-21(29)19-18(13-14-8-10-15(28)11-9-14)26-24(20(19)22(27)30)16-6-4-5-7-17(16)25-23(24)31/h4-11,18-20,26,28H,2-3,12-13H2,1H3,(H,25,31)/t18-,19-,20+,24-/m1/s1. The number of anilines is 1. The molecule has 2 saturated heterocycles. The number of para-hydroxylation sites is 1. The number of rotatable bonds is 5. The number of benzene rings is 2. The molecule has 3 N–H and O–H groups in total. The van der Waals surface area contributed by atoms with Crippen molar-refractivity contribution in [1.29, 1.82) is 0 Å². The number of aromatic hydroxyl groups is 1. The highest BCUT2D eigenvalue weighted by Gasteiger charge is 2.70. The molecule has 0 aromatic heterocycles. The van der Waals surface area contributed by atoms with Crippen LogP contribution in [0.3, 0.4) is 0 Å². The number of imide groups is 1. The minimum absolute atomic E-state index is 0.166. The van der Waals surface area contributed by atoms with Crippen LogP contribution >= 0.6 is 0 Å². The maximum atomic E-state index is 13.5. The quantitative estimate of drug-likeness (QED) is 0.645. The van der Waals surface area contributed by atoms with Crippen LogP contribution in [-0.2, 0) is 26.3 Å². The number of nitrogens with one attached hydrogen (secondary N) is 2. The number of nitrogens with zero attached hydrogens (tertiary/aromatic N) is 1. The maximum absolute atomic E-state index is 13.5. The third-order valence-electron chi connectivity index (χ3n) is 6.84. The first kappa shape index (κ1) is 19.8. The zero-order valence-electron chi connectivity index (χ0n) is 17.3. The second kappa shape index (κ2) is 7.20. The van der Waals surface area contributed by atoms with E-state index < -0.39 is 17.4 Å². The molecule has 5 rings (SSSR count). The molecule has 0 bridgehead atoms. The van der Waals surface area contributed by atoms with Gasteiger partial charge in [-0.3, -0.25) is 24.6 Å². The molecular weight excluding hydrogens is 394 g/mol. The highest BCUT2D eigenvalue weighted by atomic mass is 16.3. The van der Waals surface area contributed by atoms with Gasteiger partial charge in [-0.25, -0.2) is 0 Å². The van der Waals surface area contributed by atoms with Crippen molar-refractivity contribution in [2.24, 2.45) is 11.8 Å². The van der Waals surface area contributed by atoms with Gasteiger partial charge in [0.25, 0.3) is 0 Å². The van der Waals surface area contributed by atoms with Crippen LogP contribution in [0.2, 0.25) is 0 Å². The number of hydrogen-bond donors (Lipinski definition) is 3. The molecule has 0 unspecified atom stereocenters. The van der Waals surface area contributed by atoms with E-state index in [1.54, 1.807) is 24.3 Å². The van der Waals surface area contributed by atoms with Crippen molar-refractivity contribution >= 4 is 23.4 Å². The molecule has 7 heteroatoms. The molecule has 3 amide bonds. The Morgan fingerprint density at radius 3 is 2.52 bits per heavy atom. The second-order valence-corrected chi connectivity index (χ2v) is 8.61. The van der Waals surface area contributed by atoms with E-state index in [9.17, 15) is 19.5 Å². The lowest BCUT2D eigenvalue weighted by Gasteiger charge is -2.29. The molecule has 160 valence electrons. The van der Waals surface area contributed by atoms with Crippen LogP contribution in [0.1, 0.15) is 30.9 Å². The molecule has 0 radical (unpaired) electrons. The van der Waals surface area contributed by atoms with E-state index in [1.165, 1.54) is 4.90 Å². The van der Waals surface area contributed by atoms with Crippen LogP contribution in [0.25, 0.3) is 0 Å². The van der Waals surface area contributed by atoms with Gasteiger partial charge in [-0.1, -0.05) is 43.7 Å². The minimum Gasteiger partial charge on any atom is -0.508 e. The first-order valence-electron chi connectivity index (χ1n) is 10.8. The molecule has 2 fully saturated rings. The Hall–Kier alpha value is -3.19. The first-order valence-corrected chi connectivity index (χ1v) is 10.8. The van der Waals surface area contributed by atoms with E-state index in [-0.39, 0.29) is 29.5 Å². The Bertz CT molecular complexity index is 1070. The fraction of sp³-hybridized carbons (Fsp3) is 0.375. The largest absolute Gasteiger partial charge is 0.508 e. The van der Waals surface area contributed by atoms with Gasteiger partial charge in [-0.05, 0) is 36.6 Å². The molecular formula is C24H25N3O4. The number of phenols is 1. The Morgan fingerprint density at radius 2 is 1.77 bits per heavy atom. The Kier molecular flexibility index (Phi) is 4.59. The van der Waals surface area contributed by atoms with Crippen molar-refractivity contribution in [3.8, 4) is 5.75 Å². The fourth-order valence-electron chi connectivity index (χ4n) is 5.42. The van der Waals surface area contributed by atoms with Gasteiger partial charge < -0.3 is 10.4 Å². The minimum atomic E-state index is -1.25. The molecule has 1 spiro atoms. The average Bonchev–Trinajstić information content (AvgIpc) is 3.33. The number of amides is 3. The van der Waals surface area contributed by atoms with Crippen molar-refractivity contribution in [2.45, 2.75) is 37.8 Å². The van der Waals surface area contributed by atoms with Gasteiger partial charge in [-0.15, -0.1) is 0 Å². The van der Waals surface area contributed by atoms with Gasteiger partial charge in [0.05, 0.1) is 11.8 Å². The molecule has 3 heterocycles. The summed E-state index contributed by atoms with van der Waals surface area (Å²) < 4.78 is 0. The number of carbonyl (C=O) groups excluding carboxylic acids is 3. The molecule has 0 saturated carbocycles. The predicted octanol–water partition coefficient (Wildman–Crippen LogP) is 2.16. The summed E-state index contributed by atoms with van der Waals surface area (Å²) in [7, 11) is 0. The molecule has 3 aliphatic heterocycles. The van der Waals surface area contributed by atoms with E-state index in [4.69, 9.17) is 0 Å². The van der Waals surface area contributed by atoms with E-state index in [0.29, 0.717) is 18.7 Å². The molecule has 3 aliphatic rings. The number of unbranched alkanes of at least 4 members (excludes halogenated alkanes) is 1. The van der Waals surface area contributed by atoms with Crippen molar-refractivity contribution in [3.05, 3.63) is 59.7 Å². The van der Waals surface area contributed by atoms with E-state index in [0.717, 1.165) is 24.0 Å². The normalized spacial score (nSPS) is 28.9. The highest BCUT2D eigenvalue weighted by Crippen LogP contribution is 2.53. The molecule has 31 heavy (non-hydrogen) atoms. The lowest BCUT2D eigenvalue weighted by Crippen LogP contribution is -2.53. The number of fused-ring (bicyclic) bond motifs is 4. The van der Waals surface area contributed by atoms with Crippen molar-refractivity contribution < 1.29 is 19.5 Å². The Labute approximate surface area is 180 Å². The summed E-state index contributed by atoms with van der Waals surface area (Å²) in [6.45, 7) is 2.40. The second-order valence-electron chi connectivity index (χ2n) is 8.61. The summed E-state index contributed by atoms with van der Waals surface area (Å²) in [5.74, 6) is -1.97. The molecule has 7 nitrogen and oxygen atoms in total. The van der Waals surface area contributed by atoms with Crippen LogP contribution in [0, 0.1) is 11.8 Å². The first-order chi connectivity index (χ1) is 15.0. The van der Waals surface area contributed by atoms with Crippen LogP contribution in [0.15, 0.2) is 48.5 Å². The lowest BCUT2D eigenvalue weighted by molar-refractivity contribution is -0.142. The number of hydrogen-bond acceptors (Lipinski definition) is 5. The summed E-state index contributed by atoms with van der Waals surface area (Å²) in [6.07, 6.45) is 2.08. The van der Waals surface area contributed by atoms with Gasteiger partial charge in [-0.2, -0.15) is 0 Å². The highest BCUT2D eigenvalue weighted by molar-refractivity contribution is 6.15. The van der Waals surface area contributed by atoms with Crippen molar-refractivity contribution in [3.63, 3.8) is 0 Å². The fourth-order valence-corrected chi connectivity index (χ4v) is 5.42. The molecule has 2 aromatic rings. The van der Waals surface area contributed by atoms with Crippen molar-refractivity contribution in [2.75, 3.05) is 11.9 Å². The smallest absolute Gasteiger partial charge is 0.250 e. The Balaban J connectivity index is 1.59. The van der Waals surface area contributed by atoms with Crippen LogP contribution in [-0.4, -0.2) is 40.3 Å². The summed E-state index contributed by atoms with van der Waals surface area (Å²) in [5.41, 5.74) is 1.07. The number of carbonyl (C=O) groups is 3. The van der Waals surface area contributed by atoms with Gasteiger partial charge in [0.15, 0.2) is 0 Å². The number of likely N-dealkylation sites (tertiary alicyclic amines) is 1. The summed E-state index contributed by atoms with van der Waals surface area (Å²) in [4.78, 5) is 41.6. The van der Waals surface area contributed by atoms with Gasteiger partial charge in [0.1, 0.15) is 11.3 Å². The maximum Gasteiger partial charge on any atom is 0.250 e. The SMILES string of the molecule is CCCCN1C(=O)[C@H]2[C@@H](C1=O)[C@@]1(N[C@@H]2Cc2ccc(O)cc2)C(=O)Nc2ccccc21. The van der Waals surface area contributed by atoms with Crippen LogP contribution < -0.4 is 10.6 Å². The summed E-state index contributed by atoms with van der Waals surface area (Å²) in [6, 6.07) is 13.8. The van der Waals surface area contributed by atoms with E-state index in [1.807, 2.05) is 31.2 Å². The monoisotopic (exact) mass is 419 g/mol. The van der Waals surface area contributed by atoms with Crippen LogP contribution in [0.5, 0.6) is 5.75 Å². The lowest BCUT2D eigenvalue weighted by atomic mass is 9.76.